The summed E-state index contributed by atoms with van der Waals surface area (Å²) in [6.07, 6.45) is 18.9. The molecule has 4 rings (SSSR count). The monoisotopic (exact) mass is 156 g/mol. The molecule has 0 heteroatoms. The second-order valence-corrected chi connectivity index (χ2v) is 3.85. The van der Waals surface area contributed by atoms with Crippen LogP contribution in [0.5, 0.6) is 0 Å². The van der Waals surface area contributed by atoms with Crippen LogP contribution in [0.15, 0.2) is 48.6 Å². The zero-order valence-corrected chi connectivity index (χ0v) is 6.93. The van der Waals surface area contributed by atoms with Crippen LogP contribution >= 0.6 is 0 Å². The Balaban J connectivity index is 2.21. The van der Waals surface area contributed by atoms with Gasteiger partial charge >= 0.3 is 0 Å². The summed E-state index contributed by atoms with van der Waals surface area (Å²) < 4.78 is 0. The lowest BCUT2D eigenvalue weighted by Crippen LogP contribution is -2.02. The average Bonchev–Trinajstić information content (AvgIpc) is 2.51. The molecule has 4 aliphatic rings. The van der Waals surface area contributed by atoms with E-state index in [-0.39, 0.29) is 0 Å². The molecule has 0 aromatic rings. The lowest BCUT2D eigenvalue weighted by atomic mass is 9.93. The highest BCUT2D eigenvalue weighted by Gasteiger charge is 2.25. The minimum absolute atomic E-state index is 0.620. The molecule has 0 spiro atoms. The minimum Gasteiger partial charge on any atom is -0.0801 e. The lowest BCUT2D eigenvalue weighted by Gasteiger charge is -2.11. The summed E-state index contributed by atoms with van der Waals surface area (Å²) >= 11 is 0. The molecule has 0 heterocycles. The third-order valence-electron chi connectivity index (χ3n) is 3.11. The predicted molar refractivity (Wildman–Crippen MR) is 50.5 cm³/mol. The Morgan fingerprint density at radius 2 is 0.500 bits per heavy atom. The molecule has 0 amide bonds. The van der Waals surface area contributed by atoms with Crippen molar-refractivity contribution in [3.8, 4) is 0 Å². The molecule has 0 saturated carbocycles. The Bertz CT molecular complexity index is 216. The molecule has 0 radical (unpaired) electrons. The maximum Gasteiger partial charge on any atom is 0.00446 e. The van der Waals surface area contributed by atoms with E-state index in [0.29, 0.717) is 23.7 Å². The van der Waals surface area contributed by atoms with Gasteiger partial charge in [0.25, 0.3) is 0 Å². The van der Waals surface area contributed by atoms with Gasteiger partial charge in [-0.3, -0.25) is 0 Å². The van der Waals surface area contributed by atoms with Crippen molar-refractivity contribution in [2.24, 2.45) is 23.7 Å². The van der Waals surface area contributed by atoms with Crippen LogP contribution in [0.1, 0.15) is 0 Å². The summed E-state index contributed by atoms with van der Waals surface area (Å²) in [6.45, 7) is 0. The Morgan fingerprint density at radius 3 is 0.667 bits per heavy atom. The standard InChI is InChI=1S/C12H12/c1-2-10-5-6-11-7-8-12(10)4-3-9(1)11/h1-12H. The molecule has 0 N–H and O–H groups in total. The number of hydrogen-bond acceptors (Lipinski definition) is 0. The minimum atomic E-state index is 0.620. The van der Waals surface area contributed by atoms with Crippen molar-refractivity contribution in [3.63, 3.8) is 0 Å². The van der Waals surface area contributed by atoms with E-state index in [9.17, 15) is 0 Å². The highest BCUT2D eigenvalue weighted by atomic mass is 14.3. The zero-order valence-electron chi connectivity index (χ0n) is 6.93. The topological polar surface area (TPSA) is 0 Å². The highest BCUT2D eigenvalue weighted by Crippen LogP contribution is 2.36. The van der Waals surface area contributed by atoms with Gasteiger partial charge in [-0.25, -0.2) is 0 Å². The molecule has 0 unspecified atom stereocenters. The van der Waals surface area contributed by atoms with E-state index in [0.717, 1.165) is 0 Å². The Kier molecular flexibility index (Phi) is 1.20. The van der Waals surface area contributed by atoms with E-state index < -0.39 is 0 Å². The Labute approximate surface area is 73.0 Å². The van der Waals surface area contributed by atoms with Gasteiger partial charge in [0.15, 0.2) is 0 Å². The maximum absolute atomic E-state index is 2.36. The van der Waals surface area contributed by atoms with Crippen LogP contribution in [0.4, 0.5) is 0 Å². The molecule has 4 aliphatic carbocycles. The first-order chi connectivity index (χ1) is 5.93. The number of rotatable bonds is 0. The molecule has 0 aromatic carbocycles. The highest BCUT2D eigenvalue weighted by molar-refractivity contribution is 5.30. The van der Waals surface area contributed by atoms with Crippen molar-refractivity contribution < 1.29 is 0 Å². The lowest BCUT2D eigenvalue weighted by molar-refractivity contribution is 0.681. The van der Waals surface area contributed by atoms with E-state index in [1.54, 1.807) is 0 Å². The van der Waals surface area contributed by atoms with Crippen LogP contribution in [0.2, 0.25) is 0 Å². The molecule has 60 valence electrons. The summed E-state index contributed by atoms with van der Waals surface area (Å²) in [7, 11) is 0. The van der Waals surface area contributed by atoms with Crippen LogP contribution in [-0.2, 0) is 0 Å². The van der Waals surface area contributed by atoms with E-state index in [1.807, 2.05) is 0 Å². The first kappa shape index (κ1) is 6.47. The van der Waals surface area contributed by atoms with Crippen molar-refractivity contribution in [3.05, 3.63) is 48.6 Å². The van der Waals surface area contributed by atoms with E-state index in [1.165, 1.54) is 0 Å². The van der Waals surface area contributed by atoms with Crippen LogP contribution in [0.25, 0.3) is 0 Å². The largest absolute Gasteiger partial charge is 0.0801 e. The third kappa shape index (κ3) is 0.781. The van der Waals surface area contributed by atoms with Gasteiger partial charge in [0.1, 0.15) is 0 Å². The molecule has 0 aromatic heterocycles. The molecule has 12 heavy (non-hydrogen) atoms. The average molecular weight is 156 g/mol. The van der Waals surface area contributed by atoms with Crippen LogP contribution in [-0.4, -0.2) is 0 Å². The summed E-state index contributed by atoms with van der Waals surface area (Å²) in [5, 5.41) is 0. The number of hydrogen-bond donors (Lipinski definition) is 0. The molecule has 0 aliphatic heterocycles. The van der Waals surface area contributed by atoms with E-state index in [4.69, 9.17) is 0 Å². The van der Waals surface area contributed by atoms with Gasteiger partial charge in [-0.1, -0.05) is 48.6 Å². The fourth-order valence-corrected chi connectivity index (χ4v) is 2.31. The smallest absolute Gasteiger partial charge is 0.00446 e. The summed E-state index contributed by atoms with van der Waals surface area (Å²) in [5.74, 6) is 2.48. The summed E-state index contributed by atoms with van der Waals surface area (Å²) in [6, 6.07) is 0. The second-order valence-electron chi connectivity index (χ2n) is 3.85. The van der Waals surface area contributed by atoms with Crippen molar-refractivity contribution in [1.82, 2.24) is 0 Å². The summed E-state index contributed by atoms with van der Waals surface area (Å²) in [5.41, 5.74) is 0. The van der Waals surface area contributed by atoms with Gasteiger partial charge in [0.2, 0.25) is 0 Å². The predicted octanol–water partition coefficient (Wildman–Crippen LogP) is 2.72. The van der Waals surface area contributed by atoms with Gasteiger partial charge in [-0.2, -0.15) is 0 Å². The van der Waals surface area contributed by atoms with E-state index >= 15 is 0 Å². The third-order valence-corrected chi connectivity index (χ3v) is 3.11. The summed E-state index contributed by atoms with van der Waals surface area (Å²) in [4.78, 5) is 0. The van der Waals surface area contributed by atoms with Crippen molar-refractivity contribution in [2.75, 3.05) is 0 Å². The van der Waals surface area contributed by atoms with Gasteiger partial charge in [-0.15, -0.1) is 0 Å². The molecular formula is C12H12. The molecule has 0 nitrogen and oxygen atoms in total. The van der Waals surface area contributed by atoms with Crippen LogP contribution in [0, 0.1) is 23.7 Å². The Morgan fingerprint density at radius 1 is 0.333 bits per heavy atom. The maximum atomic E-state index is 2.36. The molecule has 0 fully saturated rings. The number of allylic oxidation sites excluding steroid dienone is 8. The molecule has 0 saturated heterocycles. The van der Waals surface area contributed by atoms with E-state index in [2.05, 4.69) is 48.6 Å². The van der Waals surface area contributed by atoms with Gasteiger partial charge in [0, 0.05) is 23.7 Å². The van der Waals surface area contributed by atoms with Gasteiger partial charge in [-0.05, 0) is 0 Å². The van der Waals surface area contributed by atoms with Gasteiger partial charge < -0.3 is 0 Å². The normalized spacial score (nSPS) is 46.7. The zero-order chi connectivity index (χ0) is 7.97. The molecular weight excluding hydrogens is 144 g/mol. The Hall–Kier alpha value is -1.04. The SMILES string of the molecule is C1=CC2C=CC3C=CC2C=CC13. The first-order valence-corrected chi connectivity index (χ1v) is 4.67. The molecule has 0 atom stereocenters. The fourth-order valence-electron chi connectivity index (χ4n) is 2.31. The van der Waals surface area contributed by atoms with Crippen LogP contribution in [0.3, 0.4) is 0 Å². The second kappa shape index (κ2) is 2.22. The fraction of sp³-hybridized carbons (Fsp3) is 0.333. The molecule has 4 bridgehead atoms. The van der Waals surface area contributed by atoms with Gasteiger partial charge in [0.05, 0.1) is 0 Å². The first-order valence-electron chi connectivity index (χ1n) is 4.67. The van der Waals surface area contributed by atoms with Crippen LogP contribution < -0.4 is 0 Å². The van der Waals surface area contributed by atoms with Crippen molar-refractivity contribution >= 4 is 0 Å². The quantitative estimate of drug-likeness (QED) is 0.473. The van der Waals surface area contributed by atoms with Crippen molar-refractivity contribution in [1.29, 1.82) is 0 Å². The van der Waals surface area contributed by atoms with Crippen molar-refractivity contribution in [2.45, 2.75) is 0 Å².